The maximum Gasteiger partial charge on any atom is 0.416 e. The highest BCUT2D eigenvalue weighted by Crippen LogP contribution is 2.34. The van der Waals surface area contributed by atoms with Gasteiger partial charge in [0.2, 0.25) is 0 Å². The predicted molar refractivity (Wildman–Crippen MR) is 62.4 cm³/mol. The number of nitrogens with two attached hydrogens (primary N) is 1. The third-order valence-corrected chi connectivity index (χ3v) is 2.88. The molecule has 2 rings (SSSR count). The fourth-order valence-corrected chi connectivity index (χ4v) is 1.93. The minimum atomic E-state index is -4.38. The van der Waals surface area contributed by atoms with Gasteiger partial charge >= 0.3 is 6.18 Å². The van der Waals surface area contributed by atoms with Gasteiger partial charge in [0.25, 0.3) is 0 Å². The van der Waals surface area contributed by atoms with Gasteiger partial charge in [-0.05, 0) is 37.6 Å². The Labute approximate surface area is 103 Å². The molecule has 1 atom stereocenters. The molecule has 0 saturated carbocycles. The number of alkyl halides is 3. The largest absolute Gasteiger partial charge is 0.487 e. The van der Waals surface area contributed by atoms with Gasteiger partial charge in [0, 0.05) is 6.54 Å². The number of nitrogens with one attached hydrogen (secondary N) is 1. The summed E-state index contributed by atoms with van der Waals surface area (Å²) >= 11 is 0. The average molecular weight is 260 g/mol. The van der Waals surface area contributed by atoms with E-state index >= 15 is 0 Å². The summed E-state index contributed by atoms with van der Waals surface area (Å²) in [6.45, 7) is 1.64. The number of benzene rings is 1. The van der Waals surface area contributed by atoms with Crippen molar-refractivity contribution in [2.24, 2.45) is 0 Å². The van der Waals surface area contributed by atoms with Gasteiger partial charge in [-0.25, -0.2) is 0 Å². The highest BCUT2D eigenvalue weighted by atomic mass is 19.4. The van der Waals surface area contributed by atoms with E-state index in [0.29, 0.717) is 12.3 Å². The normalized spacial score (nSPS) is 20.7. The molecule has 0 aromatic heterocycles. The minimum Gasteiger partial charge on any atom is -0.487 e. The van der Waals surface area contributed by atoms with Crippen molar-refractivity contribution < 1.29 is 17.9 Å². The summed E-state index contributed by atoms with van der Waals surface area (Å²) in [5, 5.41) is 3.16. The summed E-state index contributed by atoms with van der Waals surface area (Å²) in [7, 11) is 0. The van der Waals surface area contributed by atoms with E-state index in [1.807, 2.05) is 0 Å². The van der Waals surface area contributed by atoms with Gasteiger partial charge in [-0.3, -0.25) is 0 Å². The van der Waals surface area contributed by atoms with Gasteiger partial charge in [0.05, 0.1) is 11.3 Å². The van der Waals surface area contributed by atoms with Gasteiger partial charge in [0.1, 0.15) is 11.9 Å². The Bertz CT molecular complexity index is 414. The molecule has 1 aliphatic rings. The van der Waals surface area contributed by atoms with Gasteiger partial charge in [-0.2, -0.15) is 13.2 Å². The Morgan fingerprint density at radius 1 is 1.33 bits per heavy atom. The van der Waals surface area contributed by atoms with Crippen LogP contribution in [0.2, 0.25) is 0 Å². The van der Waals surface area contributed by atoms with Crippen molar-refractivity contribution in [3.8, 4) is 5.75 Å². The summed E-state index contributed by atoms with van der Waals surface area (Å²) in [5.41, 5.74) is 4.86. The Balaban J connectivity index is 2.09. The smallest absolute Gasteiger partial charge is 0.416 e. The maximum absolute atomic E-state index is 12.5. The Kier molecular flexibility index (Phi) is 3.65. The molecule has 3 N–H and O–H groups in total. The van der Waals surface area contributed by atoms with Crippen LogP contribution in [0.5, 0.6) is 5.75 Å². The molecule has 1 saturated heterocycles. The number of anilines is 1. The predicted octanol–water partition coefficient (Wildman–Crippen LogP) is 2.42. The van der Waals surface area contributed by atoms with Crippen LogP contribution in [0.4, 0.5) is 18.9 Å². The van der Waals surface area contributed by atoms with Crippen LogP contribution in [0, 0.1) is 0 Å². The Hall–Kier alpha value is -1.43. The zero-order chi connectivity index (χ0) is 13.2. The molecular formula is C12H15F3N2O. The van der Waals surface area contributed by atoms with Crippen molar-refractivity contribution in [3.63, 3.8) is 0 Å². The lowest BCUT2D eigenvalue weighted by atomic mass is 10.1. The van der Waals surface area contributed by atoms with E-state index < -0.39 is 11.7 Å². The van der Waals surface area contributed by atoms with Crippen LogP contribution in [-0.4, -0.2) is 19.2 Å². The SMILES string of the molecule is Nc1cc(C(F)(F)F)ccc1OC1CCCNC1. The second-order valence-corrected chi connectivity index (χ2v) is 4.34. The van der Waals surface area contributed by atoms with Crippen molar-refractivity contribution >= 4 is 5.69 Å². The molecule has 1 heterocycles. The van der Waals surface area contributed by atoms with Crippen LogP contribution in [0.15, 0.2) is 18.2 Å². The topological polar surface area (TPSA) is 47.3 Å². The first kappa shape index (κ1) is 13.0. The number of ether oxygens (including phenoxy) is 1. The van der Waals surface area contributed by atoms with Crippen molar-refractivity contribution in [2.75, 3.05) is 18.8 Å². The molecule has 1 aromatic rings. The maximum atomic E-state index is 12.5. The van der Waals surface area contributed by atoms with Crippen LogP contribution < -0.4 is 15.8 Å². The first-order chi connectivity index (χ1) is 8.47. The zero-order valence-corrected chi connectivity index (χ0v) is 9.76. The minimum absolute atomic E-state index is 0.0235. The summed E-state index contributed by atoms with van der Waals surface area (Å²) in [6, 6.07) is 3.18. The molecule has 100 valence electrons. The molecule has 0 amide bonds. The molecule has 1 unspecified atom stereocenters. The zero-order valence-electron chi connectivity index (χ0n) is 9.76. The summed E-state index contributed by atoms with van der Waals surface area (Å²) in [5.74, 6) is 0.316. The van der Waals surface area contributed by atoms with Gasteiger partial charge in [-0.15, -0.1) is 0 Å². The summed E-state index contributed by atoms with van der Waals surface area (Å²) in [6.07, 6.45) is -2.53. The Morgan fingerprint density at radius 2 is 2.11 bits per heavy atom. The molecular weight excluding hydrogens is 245 g/mol. The molecule has 18 heavy (non-hydrogen) atoms. The van der Waals surface area contributed by atoms with E-state index in [9.17, 15) is 13.2 Å². The fraction of sp³-hybridized carbons (Fsp3) is 0.500. The quantitative estimate of drug-likeness (QED) is 0.803. The summed E-state index contributed by atoms with van der Waals surface area (Å²) in [4.78, 5) is 0. The van der Waals surface area contributed by atoms with E-state index in [1.165, 1.54) is 6.07 Å². The van der Waals surface area contributed by atoms with Crippen molar-refractivity contribution in [1.82, 2.24) is 5.32 Å². The van der Waals surface area contributed by atoms with Crippen LogP contribution in [0.3, 0.4) is 0 Å². The van der Waals surface area contributed by atoms with E-state index in [4.69, 9.17) is 10.5 Å². The second kappa shape index (κ2) is 5.06. The molecule has 6 heteroatoms. The lowest BCUT2D eigenvalue weighted by Gasteiger charge is -2.24. The fourth-order valence-electron chi connectivity index (χ4n) is 1.93. The number of hydrogen-bond donors (Lipinski definition) is 2. The van der Waals surface area contributed by atoms with Gasteiger partial charge in [0.15, 0.2) is 0 Å². The van der Waals surface area contributed by atoms with E-state index in [-0.39, 0.29) is 11.8 Å². The molecule has 0 spiro atoms. The average Bonchev–Trinajstić information content (AvgIpc) is 2.32. The van der Waals surface area contributed by atoms with E-state index in [0.717, 1.165) is 31.5 Å². The summed E-state index contributed by atoms with van der Waals surface area (Å²) < 4.78 is 43.0. The number of nitrogen functional groups attached to an aromatic ring is 1. The van der Waals surface area contributed by atoms with Crippen molar-refractivity contribution in [1.29, 1.82) is 0 Å². The van der Waals surface area contributed by atoms with Crippen LogP contribution >= 0.6 is 0 Å². The highest BCUT2D eigenvalue weighted by Gasteiger charge is 2.31. The first-order valence-electron chi connectivity index (χ1n) is 5.81. The third kappa shape index (κ3) is 3.07. The molecule has 1 aliphatic heterocycles. The van der Waals surface area contributed by atoms with Crippen LogP contribution in [0.25, 0.3) is 0 Å². The van der Waals surface area contributed by atoms with Crippen LogP contribution in [-0.2, 0) is 6.18 Å². The van der Waals surface area contributed by atoms with E-state index in [1.54, 1.807) is 0 Å². The lowest BCUT2D eigenvalue weighted by molar-refractivity contribution is -0.137. The van der Waals surface area contributed by atoms with Crippen molar-refractivity contribution in [3.05, 3.63) is 23.8 Å². The first-order valence-corrected chi connectivity index (χ1v) is 5.81. The molecule has 1 aromatic carbocycles. The number of piperidine rings is 1. The standard InChI is InChI=1S/C12H15F3N2O/c13-12(14,15)8-3-4-11(10(16)6-8)18-9-2-1-5-17-7-9/h3-4,6,9,17H,1-2,5,7,16H2. The second-order valence-electron chi connectivity index (χ2n) is 4.34. The monoisotopic (exact) mass is 260 g/mol. The third-order valence-electron chi connectivity index (χ3n) is 2.88. The van der Waals surface area contributed by atoms with Crippen LogP contribution in [0.1, 0.15) is 18.4 Å². The van der Waals surface area contributed by atoms with Gasteiger partial charge in [-0.1, -0.05) is 0 Å². The highest BCUT2D eigenvalue weighted by molar-refractivity contribution is 5.54. The molecule has 0 aliphatic carbocycles. The molecule has 1 fully saturated rings. The number of halogens is 3. The van der Waals surface area contributed by atoms with E-state index in [2.05, 4.69) is 5.32 Å². The Morgan fingerprint density at radius 3 is 2.67 bits per heavy atom. The lowest BCUT2D eigenvalue weighted by Crippen LogP contribution is -2.37. The number of rotatable bonds is 2. The van der Waals surface area contributed by atoms with Gasteiger partial charge < -0.3 is 15.8 Å². The molecule has 0 radical (unpaired) electrons. The number of hydrogen-bond acceptors (Lipinski definition) is 3. The van der Waals surface area contributed by atoms with Crippen molar-refractivity contribution in [2.45, 2.75) is 25.1 Å². The molecule has 0 bridgehead atoms. The molecule has 3 nitrogen and oxygen atoms in total.